The average molecular weight is 782 g/mol. The Morgan fingerprint density at radius 1 is 0.377 bits per heavy atom. The number of ether oxygens (including phenoxy) is 1. The van der Waals surface area contributed by atoms with Crippen LogP contribution in [0.2, 0.25) is 0 Å². The van der Waals surface area contributed by atoms with Crippen LogP contribution in [-0.2, 0) is 0 Å². The molecule has 0 unspecified atom stereocenters. The van der Waals surface area contributed by atoms with Crippen molar-refractivity contribution in [3.8, 4) is 50.3 Å². The number of furan rings is 1. The maximum absolute atomic E-state index is 6.42. The van der Waals surface area contributed by atoms with Crippen molar-refractivity contribution in [1.82, 2.24) is 0 Å². The van der Waals surface area contributed by atoms with Gasteiger partial charge in [-0.15, -0.1) is 0 Å². The summed E-state index contributed by atoms with van der Waals surface area (Å²) >= 11 is 0. The molecule has 0 bridgehead atoms. The molecule has 3 heteroatoms. The minimum Gasteiger partial charge on any atom is -0.464 e. The molecule has 0 saturated carbocycles. The predicted molar refractivity (Wildman–Crippen MR) is 256 cm³/mol. The summed E-state index contributed by atoms with van der Waals surface area (Å²) in [6.07, 6.45) is 7.57. The van der Waals surface area contributed by atoms with Crippen molar-refractivity contribution in [2.75, 3.05) is 4.90 Å². The third-order valence-electron chi connectivity index (χ3n) is 11.8. The molecular weight excluding hydrogens is 743 g/mol. The van der Waals surface area contributed by atoms with E-state index in [4.69, 9.17) is 9.15 Å². The summed E-state index contributed by atoms with van der Waals surface area (Å²) in [5, 5.41) is 4.76. The molecule has 0 amide bonds. The van der Waals surface area contributed by atoms with E-state index >= 15 is 0 Å². The maximum Gasteiger partial charge on any atom is 0.143 e. The number of fused-ring (bicyclic) bond motifs is 5. The zero-order valence-corrected chi connectivity index (χ0v) is 33.3. The van der Waals surface area contributed by atoms with E-state index in [1.807, 2.05) is 30.4 Å². The second-order valence-corrected chi connectivity index (χ2v) is 15.4. The van der Waals surface area contributed by atoms with Gasteiger partial charge in [-0.2, -0.15) is 0 Å². The van der Waals surface area contributed by atoms with Crippen LogP contribution in [0.1, 0.15) is 5.56 Å². The molecule has 10 aromatic rings. The zero-order valence-electron chi connectivity index (χ0n) is 33.3. The van der Waals surface area contributed by atoms with Crippen LogP contribution in [0.15, 0.2) is 236 Å². The fourth-order valence-electron chi connectivity index (χ4n) is 8.68. The number of para-hydroxylation sites is 3. The van der Waals surface area contributed by atoms with Gasteiger partial charge in [-0.1, -0.05) is 176 Å². The van der Waals surface area contributed by atoms with Crippen LogP contribution >= 0.6 is 0 Å². The third-order valence-corrected chi connectivity index (χ3v) is 11.8. The summed E-state index contributed by atoms with van der Waals surface area (Å²) in [7, 11) is 0. The van der Waals surface area contributed by atoms with Gasteiger partial charge in [0.1, 0.15) is 16.9 Å². The van der Waals surface area contributed by atoms with E-state index in [1.165, 1.54) is 27.5 Å². The van der Waals surface area contributed by atoms with E-state index in [0.717, 1.165) is 83.7 Å². The number of benzene rings is 9. The summed E-state index contributed by atoms with van der Waals surface area (Å²) in [5.74, 6) is 0.800. The average Bonchev–Trinajstić information content (AvgIpc) is 3.71. The summed E-state index contributed by atoms with van der Waals surface area (Å²) < 4.78 is 12.6. The molecule has 1 aromatic heterocycles. The van der Waals surface area contributed by atoms with Gasteiger partial charge >= 0.3 is 0 Å². The van der Waals surface area contributed by atoms with Crippen LogP contribution in [0.5, 0.6) is 5.75 Å². The topological polar surface area (TPSA) is 25.6 Å². The van der Waals surface area contributed by atoms with Crippen molar-refractivity contribution < 1.29 is 9.15 Å². The Morgan fingerprint density at radius 2 is 0.869 bits per heavy atom. The van der Waals surface area contributed by atoms with E-state index < -0.39 is 0 Å². The lowest BCUT2D eigenvalue weighted by Crippen LogP contribution is -2.09. The van der Waals surface area contributed by atoms with Gasteiger partial charge in [0.25, 0.3) is 0 Å². The third kappa shape index (κ3) is 6.59. The first-order chi connectivity index (χ1) is 30.2. The highest BCUT2D eigenvalue weighted by molar-refractivity contribution is 6.09. The van der Waals surface area contributed by atoms with E-state index in [9.17, 15) is 0 Å². The molecule has 0 fully saturated rings. The van der Waals surface area contributed by atoms with Crippen molar-refractivity contribution in [1.29, 1.82) is 0 Å². The quantitative estimate of drug-likeness (QED) is 0.161. The van der Waals surface area contributed by atoms with E-state index in [2.05, 4.69) is 200 Å². The van der Waals surface area contributed by atoms with Crippen LogP contribution in [0, 0.1) is 0 Å². The number of allylic oxidation sites excluding steroid dienone is 4. The second kappa shape index (κ2) is 15.2. The Balaban J connectivity index is 0.956. The Kier molecular flexibility index (Phi) is 8.98. The summed E-state index contributed by atoms with van der Waals surface area (Å²) in [6, 6.07) is 71.2. The molecule has 2 heterocycles. The lowest BCUT2D eigenvalue weighted by atomic mass is 9.96. The van der Waals surface area contributed by atoms with Crippen molar-refractivity contribution in [2.24, 2.45) is 0 Å². The van der Waals surface area contributed by atoms with Crippen LogP contribution in [-0.4, -0.2) is 0 Å². The van der Waals surface area contributed by atoms with Crippen LogP contribution in [0.3, 0.4) is 0 Å². The normalized spacial score (nSPS) is 13.3. The highest BCUT2D eigenvalue weighted by Gasteiger charge is 2.18. The summed E-state index contributed by atoms with van der Waals surface area (Å²) in [5.41, 5.74) is 15.8. The van der Waals surface area contributed by atoms with Crippen LogP contribution < -0.4 is 9.64 Å². The molecule has 11 rings (SSSR count). The fraction of sp³-hybridized carbons (Fsp3) is 0. The molecule has 1 aliphatic rings. The molecule has 288 valence electrons. The van der Waals surface area contributed by atoms with Gasteiger partial charge < -0.3 is 14.1 Å². The number of hydrogen-bond acceptors (Lipinski definition) is 3. The Bertz CT molecular complexity index is 3310. The molecule has 0 N–H and O–H groups in total. The van der Waals surface area contributed by atoms with Crippen molar-refractivity contribution in [3.05, 3.63) is 237 Å². The van der Waals surface area contributed by atoms with Gasteiger partial charge in [0, 0.05) is 44.5 Å². The SMILES string of the molecule is C=C1/C=C\C=C/Oc2c1cccc2-c1ccc(N(c2ccc(-c3ccc(-c4cccc5ccccc45)cc3)cc2)c2ccc(-c3cccc4c3oc3ccccc34)cc2)cc1. The molecule has 3 nitrogen and oxygen atoms in total. The summed E-state index contributed by atoms with van der Waals surface area (Å²) in [4.78, 5) is 2.31. The Morgan fingerprint density at radius 3 is 1.61 bits per heavy atom. The first kappa shape index (κ1) is 36.0. The van der Waals surface area contributed by atoms with Crippen LogP contribution in [0.4, 0.5) is 17.1 Å². The Labute approximate surface area is 355 Å². The van der Waals surface area contributed by atoms with E-state index in [1.54, 1.807) is 6.26 Å². The molecule has 0 aliphatic carbocycles. The van der Waals surface area contributed by atoms with Gasteiger partial charge in [-0.25, -0.2) is 0 Å². The molecule has 61 heavy (non-hydrogen) atoms. The molecule has 1 aliphatic heterocycles. The van der Waals surface area contributed by atoms with Crippen molar-refractivity contribution in [3.63, 3.8) is 0 Å². The molecule has 0 atom stereocenters. The number of nitrogens with zero attached hydrogens (tertiary/aromatic N) is 1. The molecular formula is C58H39NO2. The first-order valence-electron chi connectivity index (χ1n) is 20.6. The predicted octanol–water partition coefficient (Wildman–Crippen LogP) is 16.4. The van der Waals surface area contributed by atoms with Crippen molar-refractivity contribution in [2.45, 2.75) is 0 Å². The van der Waals surface area contributed by atoms with Gasteiger partial charge in [0.2, 0.25) is 0 Å². The monoisotopic (exact) mass is 781 g/mol. The molecule has 9 aromatic carbocycles. The van der Waals surface area contributed by atoms with Gasteiger partial charge in [0.05, 0.1) is 6.26 Å². The molecule has 0 radical (unpaired) electrons. The molecule has 0 spiro atoms. The highest BCUT2D eigenvalue weighted by Crippen LogP contribution is 2.42. The van der Waals surface area contributed by atoms with Crippen molar-refractivity contribution >= 4 is 55.3 Å². The Hall–Kier alpha value is -8.14. The number of anilines is 3. The summed E-state index contributed by atoms with van der Waals surface area (Å²) in [6.45, 7) is 4.29. The first-order valence-corrected chi connectivity index (χ1v) is 20.6. The lowest BCUT2D eigenvalue weighted by molar-refractivity contribution is 0.481. The standard InChI is InChI=1S/C58H39NO2/c1-39-11-6-7-38-60-57-49(39)16-9-18-52(57)44-28-34-47(35-29-44)59(48-36-30-45(31-37-48)53-19-10-20-55-54-15-4-5-21-56(54)61-58(53)55)46-32-26-41(27-33-46)40-22-24-43(25-23-40)51-17-8-13-42-12-2-3-14-50(42)51/h2-38H,1H2/b11-6-,38-7-. The second-order valence-electron chi connectivity index (χ2n) is 15.4. The fourth-order valence-corrected chi connectivity index (χ4v) is 8.68. The van der Waals surface area contributed by atoms with E-state index in [0.29, 0.717) is 0 Å². The lowest BCUT2D eigenvalue weighted by Gasteiger charge is -2.26. The minimum absolute atomic E-state index is 0.800. The van der Waals surface area contributed by atoms with Crippen LogP contribution in [0.25, 0.3) is 82.8 Å². The maximum atomic E-state index is 6.42. The smallest absolute Gasteiger partial charge is 0.143 e. The van der Waals surface area contributed by atoms with E-state index in [-0.39, 0.29) is 0 Å². The van der Waals surface area contributed by atoms with Gasteiger partial charge in [-0.3, -0.25) is 0 Å². The highest BCUT2D eigenvalue weighted by atomic mass is 16.5. The number of rotatable bonds is 7. The molecule has 0 saturated heterocycles. The van der Waals surface area contributed by atoms with Gasteiger partial charge in [-0.05, 0) is 98.3 Å². The largest absolute Gasteiger partial charge is 0.464 e. The number of hydrogen-bond donors (Lipinski definition) is 0. The minimum atomic E-state index is 0.800. The zero-order chi connectivity index (χ0) is 40.7. The van der Waals surface area contributed by atoms with Gasteiger partial charge in [0.15, 0.2) is 0 Å².